The van der Waals surface area contributed by atoms with Crippen molar-refractivity contribution in [3.8, 4) is 11.5 Å². The first-order valence-corrected chi connectivity index (χ1v) is 10.9. The minimum atomic E-state index is -5.20. The lowest BCUT2D eigenvalue weighted by atomic mass is 9.76. The largest absolute Gasteiger partial charge is 0.493 e. The molecule has 2 fully saturated rings. The maximum absolute atomic E-state index is 13.3. The number of halogens is 4. The van der Waals surface area contributed by atoms with Gasteiger partial charge in [-0.2, -0.15) is 13.2 Å². The summed E-state index contributed by atoms with van der Waals surface area (Å²) >= 11 is 6.14. The SMILES string of the molecule is COc1cc2ncnc(Cl)c2cc1OC1CCC2(CC1)C(=O)N(C(=O)O)CCN2C(=O)C(F)(F)F. The van der Waals surface area contributed by atoms with E-state index in [1.807, 2.05) is 0 Å². The average Bonchev–Trinajstić information content (AvgIpc) is 2.81. The number of methoxy groups -OCH3 is 1. The molecule has 0 atom stereocenters. The van der Waals surface area contributed by atoms with Crippen molar-refractivity contribution < 1.29 is 42.1 Å². The monoisotopic (exact) mass is 516 g/mol. The maximum Gasteiger partial charge on any atom is 0.471 e. The van der Waals surface area contributed by atoms with E-state index in [1.54, 1.807) is 12.1 Å². The van der Waals surface area contributed by atoms with Crippen LogP contribution in [0.15, 0.2) is 18.5 Å². The van der Waals surface area contributed by atoms with Crippen molar-refractivity contribution >= 4 is 40.4 Å². The number of piperazine rings is 1. The number of hydrogen-bond acceptors (Lipinski definition) is 7. The van der Waals surface area contributed by atoms with Gasteiger partial charge in [0.15, 0.2) is 11.5 Å². The number of rotatable bonds is 3. The van der Waals surface area contributed by atoms with Crippen LogP contribution in [-0.2, 0) is 9.59 Å². The van der Waals surface area contributed by atoms with Gasteiger partial charge >= 0.3 is 18.2 Å². The molecule has 0 bridgehead atoms. The van der Waals surface area contributed by atoms with Gasteiger partial charge in [0.2, 0.25) is 0 Å². The van der Waals surface area contributed by atoms with Crippen LogP contribution < -0.4 is 9.47 Å². The summed E-state index contributed by atoms with van der Waals surface area (Å²) in [7, 11) is 1.43. The van der Waals surface area contributed by atoms with Gasteiger partial charge in [-0.3, -0.25) is 9.59 Å². The van der Waals surface area contributed by atoms with Gasteiger partial charge in [0.05, 0.1) is 18.7 Å². The number of carboxylic acid groups (broad SMARTS) is 1. The topological polar surface area (TPSA) is 122 Å². The summed E-state index contributed by atoms with van der Waals surface area (Å²) in [5, 5.41) is 10.0. The predicted octanol–water partition coefficient (Wildman–Crippen LogP) is 3.26. The lowest BCUT2D eigenvalue weighted by Crippen LogP contribution is -2.70. The molecule has 1 saturated heterocycles. The van der Waals surface area contributed by atoms with Crippen LogP contribution in [0.5, 0.6) is 11.5 Å². The second-order valence-corrected chi connectivity index (χ2v) is 8.59. The first-order valence-electron chi connectivity index (χ1n) is 10.6. The van der Waals surface area contributed by atoms with Gasteiger partial charge in [0.1, 0.15) is 17.0 Å². The number of imide groups is 1. The van der Waals surface area contributed by atoms with E-state index in [4.69, 9.17) is 21.1 Å². The Morgan fingerprint density at radius 3 is 2.46 bits per heavy atom. The molecule has 0 unspecified atom stereocenters. The van der Waals surface area contributed by atoms with Gasteiger partial charge in [-0.1, -0.05) is 11.6 Å². The van der Waals surface area contributed by atoms with Crippen LogP contribution >= 0.6 is 11.6 Å². The number of carbonyl (C=O) groups is 3. The second kappa shape index (κ2) is 9.02. The zero-order valence-corrected chi connectivity index (χ0v) is 19.1. The van der Waals surface area contributed by atoms with Crippen molar-refractivity contribution in [3.63, 3.8) is 0 Å². The zero-order chi connectivity index (χ0) is 25.5. The molecular weight excluding hydrogens is 497 g/mol. The lowest BCUT2D eigenvalue weighted by Gasteiger charge is -2.51. The Hall–Kier alpha value is -3.35. The standard InChI is InChI=1S/C21H20ClF3N4O6/c1-34-14-9-13-12(16(22)27-10-26-13)8-15(14)35-11-2-4-20(5-3-11)17(30)28(19(32)33)6-7-29(20)18(31)21(23,24)25/h8-11H,2-7H2,1H3,(H,32,33). The third-order valence-corrected chi connectivity index (χ3v) is 6.65. The molecule has 14 heteroatoms. The molecular formula is C21H20ClF3N4O6. The van der Waals surface area contributed by atoms with E-state index in [0.717, 1.165) is 0 Å². The van der Waals surface area contributed by atoms with Crippen molar-refractivity contribution in [1.82, 2.24) is 19.8 Å². The van der Waals surface area contributed by atoms with Crippen LogP contribution in [0, 0.1) is 0 Å². The van der Waals surface area contributed by atoms with Crippen LogP contribution in [0.3, 0.4) is 0 Å². The molecule has 1 saturated carbocycles. The lowest BCUT2D eigenvalue weighted by molar-refractivity contribution is -0.199. The summed E-state index contributed by atoms with van der Waals surface area (Å²) in [4.78, 5) is 45.6. The normalized spacial score (nSPS) is 23.0. The fourth-order valence-electron chi connectivity index (χ4n) is 4.65. The Balaban J connectivity index is 1.59. The molecule has 4 rings (SSSR count). The molecule has 1 aliphatic heterocycles. The van der Waals surface area contributed by atoms with E-state index in [0.29, 0.717) is 32.2 Å². The van der Waals surface area contributed by atoms with Crippen molar-refractivity contribution in [2.45, 2.75) is 43.5 Å². The summed E-state index contributed by atoms with van der Waals surface area (Å²) < 4.78 is 51.2. The number of amides is 3. The average molecular weight is 517 g/mol. The number of aromatic nitrogens is 2. The maximum atomic E-state index is 13.3. The molecule has 1 spiro atoms. The molecule has 35 heavy (non-hydrogen) atoms. The Morgan fingerprint density at radius 1 is 1.17 bits per heavy atom. The first-order chi connectivity index (χ1) is 16.5. The number of benzene rings is 1. The first kappa shape index (κ1) is 24.8. The van der Waals surface area contributed by atoms with Gasteiger partial charge in [-0.05, 0) is 31.7 Å². The molecule has 2 aromatic rings. The Bertz CT molecular complexity index is 1190. The minimum Gasteiger partial charge on any atom is -0.493 e. The summed E-state index contributed by atoms with van der Waals surface area (Å²) in [5.74, 6) is -2.57. The molecule has 1 N–H and O–H groups in total. The molecule has 2 aliphatic rings. The van der Waals surface area contributed by atoms with Gasteiger partial charge in [0, 0.05) is 24.5 Å². The van der Waals surface area contributed by atoms with Crippen LogP contribution in [0.4, 0.5) is 18.0 Å². The van der Waals surface area contributed by atoms with Crippen molar-refractivity contribution in [3.05, 3.63) is 23.6 Å². The fourth-order valence-corrected chi connectivity index (χ4v) is 4.84. The summed E-state index contributed by atoms with van der Waals surface area (Å²) in [5.41, 5.74) is -1.41. The third kappa shape index (κ3) is 4.40. The Morgan fingerprint density at radius 2 is 1.86 bits per heavy atom. The minimum absolute atomic E-state index is 0.0844. The van der Waals surface area contributed by atoms with Crippen molar-refractivity contribution in [2.75, 3.05) is 20.2 Å². The van der Waals surface area contributed by atoms with Gasteiger partial charge in [-0.15, -0.1) is 0 Å². The molecule has 10 nitrogen and oxygen atoms in total. The molecule has 3 amide bonds. The molecule has 1 aromatic heterocycles. The van der Waals surface area contributed by atoms with Gasteiger partial charge in [0.25, 0.3) is 5.91 Å². The predicted molar refractivity (Wildman–Crippen MR) is 114 cm³/mol. The van der Waals surface area contributed by atoms with Crippen LogP contribution in [0.2, 0.25) is 5.15 Å². The van der Waals surface area contributed by atoms with Crippen LogP contribution in [0.25, 0.3) is 10.9 Å². The summed E-state index contributed by atoms with van der Waals surface area (Å²) in [6.07, 6.45) is -6.28. The van der Waals surface area contributed by atoms with E-state index >= 15 is 0 Å². The number of ether oxygens (including phenoxy) is 2. The highest BCUT2D eigenvalue weighted by Crippen LogP contribution is 2.42. The fraction of sp³-hybridized carbons (Fsp3) is 0.476. The summed E-state index contributed by atoms with van der Waals surface area (Å²) in [6, 6.07) is 3.18. The highest BCUT2D eigenvalue weighted by molar-refractivity contribution is 6.34. The molecule has 2 heterocycles. The van der Waals surface area contributed by atoms with Crippen LogP contribution in [0.1, 0.15) is 25.7 Å². The molecule has 1 aromatic carbocycles. The number of nitrogens with zero attached hydrogens (tertiary/aromatic N) is 4. The molecule has 0 radical (unpaired) electrons. The quantitative estimate of drug-likeness (QED) is 0.617. The highest BCUT2D eigenvalue weighted by atomic mass is 35.5. The van der Waals surface area contributed by atoms with E-state index in [9.17, 15) is 32.7 Å². The van der Waals surface area contributed by atoms with Gasteiger partial charge in [-0.25, -0.2) is 19.7 Å². The molecule has 188 valence electrons. The van der Waals surface area contributed by atoms with Crippen LogP contribution in [-0.4, -0.2) is 80.8 Å². The summed E-state index contributed by atoms with van der Waals surface area (Å²) in [6.45, 7) is -1.08. The highest BCUT2D eigenvalue weighted by Gasteiger charge is 2.58. The molecule has 1 aliphatic carbocycles. The van der Waals surface area contributed by atoms with Gasteiger partial charge < -0.3 is 19.5 Å². The van der Waals surface area contributed by atoms with E-state index in [-0.39, 0.29) is 30.8 Å². The number of hydrogen-bond donors (Lipinski definition) is 1. The van der Waals surface area contributed by atoms with Crippen molar-refractivity contribution in [2.24, 2.45) is 0 Å². The Kier molecular flexibility index (Phi) is 6.38. The third-order valence-electron chi connectivity index (χ3n) is 6.35. The number of alkyl halides is 3. The van der Waals surface area contributed by atoms with Crippen molar-refractivity contribution in [1.29, 1.82) is 0 Å². The number of fused-ring (bicyclic) bond motifs is 1. The smallest absolute Gasteiger partial charge is 0.471 e. The van der Waals surface area contributed by atoms with E-state index in [1.165, 1.54) is 13.4 Å². The Labute approximate surface area is 201 Å². The van der Waals surface area contributed by atoms with E-state index in [2.05, 4.69) is 9.97 Å². The van der Waals surface area contributed by atoms with E-state index < -0.39 is 48.8 Å². The zero-order valence-electron chi connectivity index (χ0n) is 18.3. The second-order valence-electron chi connectivity index (χ2n) is 8.23. The number of carbonyl (C=O) groups excluding carboxylic acids is 2.